The number of phosphoric acid groups is 1. The zero-order chi connectivity index (χ0) is 12.0. The summed E-state index contributed by atoms with van der Waals surface area (Å²) >= 11 is 0. The number of rotatable bonds is 4. The van der Waals surface area contributed by atoms with Crippen molar-refractivity contribution in [1.82, 2.24) is 0 Å². The highest BCUT2D eigenvalue weighted by Crippen LogP contribution is 2.53. The third-order valence-electron chi connectivity index (χ3n) is 2.81. The first-order valence-corrected chi connectivity index (χ1v) is 6.32. The molecule has 6 nitrogen and oxygen atoms in total. The lowest BCUT2D eigenvalue weighted by Crippen LogP contribution is -2.40. The van der Waals surface area contributed by atoms with E-state index in [1.54, 1.807) is 0 Å². The molecule has 16 heavy (non-hydrogen) atoms. The molecule has 0 saturated carbocycles. The Morgan fingerprint density at radius 3 is 2.94 bits per heavy atom. The van der Waals surface area contributed by atoms with Crippen molar-refractivity contribution >= 4 is 15.7 Å². The topological polar surface area (TPSA) is 74.2 Å². The normalized spacial score (nSPS) is 35.8. The minimum absolute atomic E-state index is 0.106. The van der Waals surface area contributed by atoms with Gasteiger partial charge in [0.1, 0.15) is 6.61 Å². The standard InChI is InChI=1S/C8H12BO6P/c1-3-8-4-13-5(7(9)14-8)6(8)15-16(10,11)12-2/h6H,3-4H2,1-2H3,(H,10,11)/t6?,8-/m0/s1. The second-order valence-corrected chi connectivity index (χ2v) is 5.19. The second kappa shape index (κ2) is 3.77. The lowest BCUT2D eigenvalue weighted by molar-refractivity contribution is -0.0510. The Kier molecular flexibility index (Phi) is 2.82. The summed E-state index contributed by atoms with van der Waals surface area (Å²) in [6, 6.07) is 0. The number of hydrogen-bond donors (Lipinski definition) is 1. The Morgan fingerprint density at radius 2 is 2.44 bits per heavy atom. The molecule has 0 aliphatic carbocycles. The summed E-state index contributed by atoms with van der Waals surface area (Å²) in [6.45, 7) is 2.12. The molecule has 2 heterocycles. The maximum atomic E-state index is 11.4. The van der Waals surface area contributed by atoms with Crippen LogP contribution in [-0.4, -0.2) is 38.2 Å². The van der Waals surface area contributed by atoms with Gasteiger partial charge in [0.05, 0.1) is 5.66 Å². The van der Waals surface area contributed by atoms with Crippen molar-refractivity contribution in [2.75, 3.05) is 13.7 Å². The molecule has 88 valence electrons. The molecule has 0 aromatic rings. The van der Waals surface area contributed by atoms with E-state index in [0.717, 1.165) is 7.11 Å². The average Bonchev–Trinajstić information content (AvgIpc) is 2.70. The molecular weight excluding hydrogens is 234 g/mol. The van der Waals surface area contributed by atoms with Crippen molar-refractivity contribution in [2.45, 2.75) is 25.0 Å². The molecule has 2 bridgehead atoms. The van der Waals surface area contributed by atoms with Gasteiger partial charge in [-0.05, 0) is 6.42 Å². The van der Waals surface area contributed by atoms with E-state index < -0.39 is 19.5 Å². The van der Waals surface area contributed by atoms with E-state index in [2.05, 4.69) is 4.52 Å². The zero-order valence-electron chi connectivity index (χ0n) is 9.00. The van der Waals surface area contributed by atoms with Crippen molar-refractivity contribution in [3.05, 3.63) is 11.4 Å². The molecule has 2 unspecified atom stereocenters. The average molecular weight is 246 g/mol. The maximum Gasteiger partial charge on any atom is 0.472 e. The van der Waals surface area contributed by atoms with Crippen LogP contribution in [0.4, 0.5) is 0 Å². The molecule has 8 heteroatoms. The number of fused-ring (bicyclic) bond motifs is 2. The number of phosphoric ester groups is 1. The van der Waals surface area contributed by atoms with E-state index in [9.17, 15) is 9.46 Å². The van der Waals surface area contributed by atoms with Crippen LogP contribution in [0.25, 0.3) is 0 Å². The summed E-state index contributed by atoms with van der Waals surface area (Å²) in [5.41, 5.74) is -0.703. The predicted octanol–water partition coefficient (Wildman–Crippen LogP) is 0.665. The lowest BCUT2D eigenvalue weighted by Gasteiger charge is -2.28. The highest BCUT2D eigenvalue weighted by Gasteiger charge is 2.58. The summed E-state index contributed by atoms with van der Waals surface area (Å²) in [7, 11) is 2.58. The smallest absolute Gasteiger partial charge is 0.472 e. The van der Waals surface area contributed by atoms with Crippen LogP contribution >= 0.6 is 7.82 Å². The van der Waals surface area contributed by atoms with Gasteiger partial charge in [-0.15, -0.1) is 0 Å². The van der Waals surface area contributed by atoms with Crippen molar-refractivity contribution in [2.24, 2.45) is 0 Å². The van der Waals surface area contributed by atoms with Crippen LogP contribution in [0.5, 0.6) is 0 Å². The largest absolute Gasteiger partial charge is 0.493 e. The van der Waals surface area contributed by atoms with Crippen LogP contribution in [0.3, 0.4) is 0 Å². The fourth-order valence-electron chi connectivity index (χ4n) is 1.82. The minimum Gasteiger partial charge on any atom is -0.493 e. The van der Waals surface area contributed by atoms with Crippen molar-refractivity contribution < 1.29 is 28.0 Å². The second-order valence-electron chi connectivity index (χ2n) is 3.67. The lowest BCUT2D eigenvalue weighted by atomic mass is 9.97. The first-order chi connectivity index (χ1) is 7.44. The molecule has 1 N–H and O–H groups in total. The SMILES string of the molecule is [B]C1=C2OC[C@](CC)(O1)C2OP(=O)(O)OC. The van der Waals surface area contributed by atoms with Gasteiger partial charge in [-0.25, -0.2) is 4.57 Å². The van der Waals surface area contributed by atoms with Crippen LogP contribution in [0.1, 0.15) is 13.3 Å². The van der Waals surface area contributed by atoms with E-state index in [4.69, 9.17) is 21.8 Å². The van der Waals surface area contributed by atoms with Crippen molar-refractivity contribution in [3.63, 3.8) is 0 Å². The number of ether oxygens (including phenoxy) is 2. The van der Waals surface area contributed by atoms with Crippen LogP contribution in [0.15, 0.2) is 11.4 Å². The van der Waals surface area contributed by atoms with Crippen LogP contribution in [-0.2, 0) is 23.1 Å². The summed E-state index contributed by atoms with van der Waals surface area (Å²) in [5, 5.41) is 0. The molecule has 2 aliphatic heterocycles. The summed E-state index contributed by atoms with van der Waals surface area (Å²) in [4.78, 5) is 9.28. The molecule has 1 saturated heterocycles. The van der Waals surface area contributed by atoms with Gasteiger partial charge >= 0.3 is 7.82 Å². The Bertz CT molecular complexity index is 383. The van der Waals surface area contributed by atoms with Crippen LogP contribution in [0.2, 0.25) is 0 Å². The third kappa shape index (κ3) is 1.68. The van der Waals surface area contributed by atoms with E-state index in [1.165, 1.54) is 0 Å². The maximum absolute atomic E-state index is 11.4. The van der Waals surface area contributed by atoms with Gasteiger partial charge in [-0.1, -0.05) is 6.92 Å². The fraction of sp³-hybridized carbons (Fsp3) is 0.750. The molecule has 0 spiro atoms. The summed E-state index contributed by atoms with van der Waals surface area (Å²) in [6.07, 6.45) is -0.237. The van der Waals surface area contributed by atoms with Gasteiger partial charge in [-0.3, -0.25) is 9.05 Å². The Hall–Kier alpha value is -0.485. The van der Waals surface area contributed by atoms with Crippen molar-refractivity contribution in [3.8, 4) is 0 Å². The molecule has 1 fully saturated rings. The Labute approximate surface area is 94.5 Å². The van der Waals surface area contributed by atoms with Gasteiger partial charge in [0.25, 0.3) is 0 Å². The summed E-state index contributed by atoms with van der Waals surface area (Å²) < 4.78 is 31.4. The minimum atomic E-state index is -4.09. The Balaban J connectivity index is 2.25. The molecule has 2 radical (unpaired) electrons. The zero-order valence-corrected chi connectivity index (χ0v) is 9.90. The molecule has 0 aromatic heterocycles. The number of hydrogen-bond acceptors (Lipinski definition) is 5. The molecule has 0 amide bonds. The first kappa shape index (κ1) is 12.0. The summed E-state index contributed by atoms with van der Waals surface area (Å²) in [5.74, 6) is 0.271. The molecule has 3 atom stereocenters. The Morgan fingerprint density at radius 1 is 1.75 bits per heavy atom. The molecular formula is C8H12BO6P. The molecule has 2 aliphatic rings. The van der Waals surface area contributed by atoms with Gasteiger partial charge in [0.2, 0.25) is 0 Å². The van der Waals surface area contributed by atoms with E-state index in [1.807, 2.05) is 6.92 Å². The van der Waals surface area contributed by atoms with Crippen LogP contribution in [0, 0.1) is 0 Å². The van der Waals surface area contributed by atoms with Gasteiger partial charge < -0.3 is 14.4 Å². The van der Waals surface area contributed by atoms with E-state index in [0.29, 0.717) is 6.42 Å². The van der Waals surface area contributed by atoms with Crippen molar-refractivity contribution in [1.29, 1.82) is 0 Å². The quantitative estimate of drug-likeness (QED) is 0.580. The van der Waals surface area contributed by atoms with Gasteiger partial charge in [-0.2, -0.15) is 0 Å². The van der Waals surface area contributed by atoms with E-state index >= 15 is 0 Å². The third-order valence-corrected chi connectivity index (χ3v) is 3.75. The molecule has 0 aromatic carbocycles. The highest BCUT2D eigenvalue weighted by atomic mass is 31.2. The predicted molar refractivity (Wildman–Crippen MR) is 54.5 cm³/mol. The monoisotopic (exact) mass is 246 g/mol. The fourth-order valence-corrected chi connectivity index (χ4v) is 2.46. The van der Waals surface area contributed by atoms with E-state index in [-0.39, 0.29) is 18.0 Å². The van der Waals surface area contributed by atoms with Gasteiger partial charge in [0.15, 0.2) is 25.3 Å². The molecule has 2 rings (SSSR count). The van der Waals surface area contributed by atoms with Gasteiger partial charge in [0, 0.05) is 7.11 Å². The highest BCUT2D eigenvalue weighted by molar-refractivity contribution is 7.47. The first-order valence-electron chi connectivity index (χ1n) is 4.82. The van der Waals surface area contributed by atoms with Crippen LogP contribution < -0.4 is 0 Å².